The first kappa shape index (κ1) is 11.7. The zero-order valence-electron chi connectivity index (χ0n) is 9.26. The number of rotatable bonds is 4. The van der Waals surface area contributed by atoms with E-state index in [0.717, 1.165) is 5.56 Å². The topological polar surface area (TPSA) is 74.9 Å². The summed E-state index contributed by atoms with van der Waals surface area (Å²) in [5.41, 5.74) is 3.75. The number of furan rings is 1. The maximum Gasteiger partial charge on any atom is 0.407 e. The quantitative estimate of drug-likeness (QED) is 0.472. The van der Waals surface area contributed by atoms with Gasteiger partial charge in [-0.1, -0.05) is 6.08 Å². The van der Waals surface area contributed by atoms with E-state index in [9.17, 15) is 4.79 Å². The van der Waals surface area contributed by atoms with Crippen LogP contribution in [0.2, 0.25) is 0 Å². The lowest BCUT2D eigenvalue weighted by atomic mass is 10.0. The molecule has 0 radical (unpaired) electrons. The molecule has 6 nitrogen and oxygen atoms in total. The highest BCUT2D eigenvalue weighted by Crippen LogP contribution is 2.27. The zero-order chi connectivity index (χ0) is 12.3. The smallest absolute Gasteiger partial charge is 0.407 e. The second kappa shape index (κ2) is 5.03. The SMILES string of the molecule is C=CCONC1CN(C(=O)O)Cc2occc21. The monoisotopic (exact) mass is 238 g/mol. The Labute approximate surface area is 98.4 Å². The fourth-order valence-corrected chi connectivity index (χ4v) is 1.80. The van der Waals surface area contributed by atoms with Crippen LogP contribution in [0.5, 0.6) is 0 Å². The number of nitrogens with one attached hydrogen (secondary N) is 1. The summed E-state index contributed by atoms with van der Waals surface area (Å²) in [7, 11) is 0. The molecule has 0 aromatic carbocycles. The van der Waals surface area contributed by atoms with Gasteiger partial charge in [0, 0.05) is 12.1 Å². The molecule has 0 fully saturated rings. The number of amides is 1. The van der Waals surface area contributed by atoms with Crippen LogP contribution in [0.25, 0.3) is 0 Å². The number of hydrogen-bond donors (Lipinski definition) is 2. The predicted octanol–water partition coefficient (Wildman–Crippen LogP) is 1.52. The molecule has 1 atom stereocenters. The van der Waals surface area contributed by atoms with Crippen molar-refractivity contribution in [2.24, 2.45) is 0 Å². The van der Waals surface area contributed by atoms with E-state index >= 15 is 0 Å². The standard InChI is InChI=1S/C11H14N2O4/c1-2-4-17-12-9-6-13(11(14)15)7-10-8(9)3-5-16-10/h2-3,5,9,12H,1,4,6-7H2,(H,14,15). The van der Waals surface area contributed by atoms with Crippen molar-refractivity contribution in [1.29, 1.82) is 0 Å². The molecule has 0 saturated heterocycles. The molecule has 1 unspecified atom stereocenters. The van der Waals surface area contributed by atoms with Gasteiger partial charge in [-0.3, -0.25) is 9.74 Å². The minimum Gasteiger partial charge on any atom is -0.467 e. The molecule has 17 heavy (non-hydrogen) atoms. The largest absolute Gasteiger partial charge is 0.467 e. The number of nitrogens with zero attached hydrogens (tertiary/aromatic N) is 1. The summed E-state index contributed by atoms with van der Waals surface area (Å²) >= 11 is 0. The Morgan fingerprint density at radius 1 is 1.82 bits per heavy atom. The number of hydroxylamine groups is 1. The second-order valence-corrected chi connectivity index (χ2v) is 3.73. The molecule has 2 rings (SSSR count). The fourth-order valence-electron chi connectivity index (χ4n) is 1.80. The van der Waals surface area contributed by atoms with Crippen LogP contribution in [0.1, 0.15) is 17.4 Å². The van der Waals surface area contributed by atoms with Crippen molar-refractivity contribution in [2.45, 2.75) is 12.6 Å². The molecular weight excluding hydrogens is 224 g/mol. The molecule has 0 saturated carbocycles. The molecule has 6 heteroatoms. The molecule has 92 valence electrons. The van der Waals surface area contributed by atoms with Gasteiger partial charge in [-0.2, -0.15) is 5.48 Å². The molecular formula is C11H14N2O4. The van der Waals surface area contributed by atoms with Gasteiger partial charge in [-0.25, -0.2) is 4.79 Å². The minimum atomic E-state index is -0.970. The lowest BCUT2D eigenvalue weighted by molar-refractivity contribution is 0.0174. The van der Waals surface area contributed by atoms with Crippen molar-refractivity contribution < 1.29 is 19.2 Å². The Balaban J connectivity index is 2.09. The van der Waals surface area contributed by atoms with Crippen LogP contribution in [0.15, 0.2) is 29.4 Å². The van der Waals surface area contributed by atoms with Crippen molar-refractivity contribution in [3.8, 4) is 0 Å². The maximum atomic E-state index is 11.0. The van der Waals surface area contributed by atoms with Crippen LogP contribution < -0.4 is 5.48 Å². The molecule has 1 amide bonds. The summed E-state index contributed by atoms with van der Waals surface area (Å²) in [6.45, 7) is 4.50. The highest BCUT2D eigenvalue weighted by atomic mass is 16.6. The van der Waals surface area contributed by atoms with Crippen molar-refractivity contribution >= 4 is 6.09 Å². The van der Waals surface area contributed by atoms with Crippen LogP contribution in [0.4, 0.5) is 4.79 Å². The average Bonchev–Trinajstić information content (AvgIpc) is 2.77. The third-order valence-corrected chi connectivity index (χ3v) is 2.59. The first-order valence-corrected chi connectivity index (χ1v) is 5.24. The first-order chi connectivity index (χ1) is 8.22. The summed E-state index contributed by atoms with van der Waals surface area (Å²) in [6, 6.07) is 1.61. The fraction of sp³-hybridized carbons (Fsp3) is 0.364. The highest BCUT2D eigenvalue weighted by molar-refractivity contribution is 5.65. The van der Waals surface area contributed by atoms with Crippen molar-refractivity contribution in [2.75, 3.05) is 13.2 Å². The number of carbonyl (C=O) groups is 1. The van der Waals surface area contributed by atoms with E-state index in [1.54, 1.807) is 12.3 Å². The van der Waals surface area contributed by atoms with E-state index < -0.39 is 6.09 Å². The Kier molecular flexibility index (Phi) is 3.46. The second-order valence-electron chi connectivity index (χ2n) is 3.73. The summed E-state index contributed by atoms with van der Waals surface area (Å²) in [5, 5.41) is 8.99. The van der Waals surface area contributed by atoms with Gasteiger partial charge in [0.05, 0.1) is 25.5 Å². The molecule has 0 spiro atoms. The summed E-state index contributed by atoms with van der Waals surface area (Å²) in [5.74, 6) is 0.651. The molecule has 1 aromatic heterocycles. The Bertz CT molecular complexity index is 415. The third-order valence-electron chi connectivity index (χ3n) is 2.59. The summed E-state index contributed by atoms with van der Waals surface area (Å²) in [4.78, 5) is 17.4. The van der Waals surface area contributed by atoms with E-state index in [1.165, 1.54) is 4.90 Å². The molecule has 0 aliphatic carbocycles. The first-order valence-electron chi connectivity index (χ1n) is 5.24. The molecule has 1 aliphatic heterocycles. The summed E-state index contributed by atoms with van der Waals surface area (Å²) in [6.07, 6.45) is 2.20. The van der Waals surface area contributed by atoms with Gasteiger partial charge in [0.25, 0.3) is 0 Å². The van der Waals surface area contributed by atoms with Gasteiger partial charge in [0.1, 0.15) is 5.76 Å². The van der Waals surface area contributed by atoms with E-state index in [4.69, 9.17) is 14.4 Å². The number of hydrogen-bond acceptors (Lipinski definition) is 4. The Morgan fingerprint density at radius 3 is 3.35 bits per heavy atom. The molecule has 2 heterocycles. The van der Waals surface area contributed by atoms with Gasteiger partial charge in [-0.15, -0.1) is 6.58 Å². The van der Waals surface area contributed by atoms with Crippen LogP contribution in [0, 0.1) is 0 Å². The van der Waals surface area contributed by atoms with Gasteiger partial charge in [0.15, 0.2) is 0 Å². The van der Waals surface area contributed by atoms with Gasteiger partial charge in [-0.05, 0) is 6.07 Å². The van der Waals surface area contributed by atoms with Crippen molar-refractivity contribution in [3.63, 3.8) is 0 Å². The minimum absolute atomic E-state index is 0.214. The molecule has 1 aliphatic rings. The normalized spacial score (nSPS) is 18.8. The molecule has 0 bridgehead atoms. The van der Waals surface area contributed by atoms with E-state index in [0.29, 0.717) is 18.9 Å². The molecule has 1 aromatic rings. The van der Waals surface area contributed by atoms with E-state index in [2.05, 4.69) is 12.1 Å². The van der Waals surface area contributed by atoms with Crippen LogP contribution in [0.3, 0.4) is 0 Å². The zero-order valence-corrected chi connectivity index (χ0v) is 9.26. The van der Waals surface area contributed by atoms with Gasteiger partial charge < -0.3 is 9.52 Å². The van der Waals surface area contributed by atoms with E-state index in [1.807, 2.05) is 6.07 Å². The summed E-state index contributed by atoms with van der Waals surface area (Å²) < 4.78 is 5.25. The van der Waals surface area contributed by atoms with Crippen LogP contribution in [-0.2, 0) is 11.4 Å². The third kappa shape index (κ3) is 2.48. The number of fused-ring (bicyclic) bond motifs is 1. The maximum absolute atomic E-state index is 11.0. The van der Waals surface area contributed by atoms with Crippen LogP contribution >= 0.6 is 0 Å². The predicted molar refractivity (Wildman–Crippen MR) is 59.2 cm³/mol. The molecule has 2 N–H and O–H groups in total. The van der Waals surface area contributed by atoms with Gasteiger partial charge in [0.2, 0.25) is 0 Å². The lowest BCUT2D eigenvalue weighted by Gasteiger charge is -2.30. The van der Waals surface area contributed by atoms with Gasteiger partial charge >= 0.3 is 6.09 Å². The van der Waals surface area contributed by atoms with Crippen molar-refractivity contribution in [1.82, 2.24) is 10.4 Å². The Morgan fingerprint density at radius 2 is 2.65 bits per heavy atom. The lowest BCUT2D eigenvalue weighted by Crippen LogP contribution is -2.41. The number of carboxylic acid groups (broad SMARTS) is 1. The van der Waals surface area contributed by atoms with E-state index in [-0.39, 0.29) is 12.6 Å². The van der Waals surface area contributed by atoms with Crippen molar-refractivity contribution in [3.05, 3.63) is 36.3 Å². The Hall–Kier alpha value is -1.79. The van der Waals surface area contributed by atoms with Crippen LogP contribution in [-0.4, -0.2) is 29.3 Å². The average molecular weight is 238 g/mol. The highest BCUT2D eigenvalue weighted by Gasteiger charge is 2.30.